The molecule has 1 saturated heterocycles. The molecule has 1 aliphatic rings. The molecular formula is C13H17ClN2O4. The Hall–Kier alpha value is -1.66. The first-order valence-corrected chi connectivity index (χ1v) is 6.71. The van der Waals surface area contributed by atoms with Crippen molar-refractivity contribution in [3.63, 3.8) is 0 Å². The standard InChI is InChI=1S/C13H17ClN2O4/c1-8-6-11(15)12(7-10(8)14)19-9-2-4-16(5-3-9)20-13(17)18/h6-7,9H,2-5,15H2,1H3,(H,17,18). The number of aryl methyl sites for hydroxylation is 1. The lowest BCUT2D eigenvalue weighted by Gasteiger charge is -2.30. The Morgan fingerprint density at radius 3 is 2.70 bits per heavy atom. The van der Waals surface area contributed by atoms with Crippen LogP contribution in [0, 0.1) is 6.92 Å². The van der Waals surface area contributed by atoms with Crippen LogP contribution < -0.4 is 10.5 Å². The van der Waals surface area contributed by atoms with Gasteiger partial charge in [0.25, 0.3) is 0 Å². The minimum absolute atomic E-state index is 0.0234. The van der Waals surface area contributed by atoms with E-state index in [1.54, 1.807) is 12.1 Å². The van der Waals surface area contributed by atoms with Crippen molar-refractivity contribution in [3.05, 3.63) is 22.7 Å². The second-order valence-corrected chi connectivity index (χ2v) is 5.15. The quantitative estimate of drug-likeness (QED) is 0.835. The Labute approximate surface area is 122 Å². The van der Waals surface area contributed by atoms with Gasteiger partial charge in [-0.3, -0.25) is 0 Å². The Balaban J connectivity index is 1.93. The van der Waals surface area contributed by atoms with E-state index < -0.39 is 6.16 Å². The molecule has 6 nitrogen and oxygen atoms in total. The zero-order valence-electron chi connectivity index (χ0n) is 11.1. The third-order valence-corrected chi connectivity index (χ3v) is 3.60. The van der Waals surface area contributed by atoms with Gasteiger partial charge in [0, 0.05) is 37.0 Å². The van der Waals surface area contributed by atoms with Crippen molar-refractivity contribution in [1.29, 1.82) is 0 Å². The SMILES string of the molecule is Cc1cc(N)c(OC2CCN(OC(=O)O)CC2)cc1Cl. The summed E-state index contributed by atoms with van der Waals surface area (Å²) in [5.41, 5.74) is 7.36. The number of carbonyl (C=O) groups is 1. The summed E-state index contributed by atoms with van der Waals surface area (Å²) in [5, 5.41) is 10.6. The van der Waals surface area contributed by atoms with Crippen LogP contribution >= 0.6 is 11.6 Å². The number of rotatable bonds is 3. The van der Waals surface area contributed by atoms with Crippen molar-refractivity contribution in [1.82, 2.24) is 5.06 Å². The average Bonchev–Trinajstić information content (AvgIpc) is 2.37. The van der Waals surface area contributed by atoms with Crippen LogP contribution in [0.5, 0.6) is 5.75 Å². The Morgan fingerprint density at radius 1 is 1.45 bits per heavy atom. The molecule has 0 aromatic heterocycles. The van der Waals surface area contributed by atoms with Gasteiger partial charge in [0.15, 0.2) is 0 Å². The van der Waals surface area contributed by atoms with Gasteiger partial charge in [0.1, 0.15) is 11.9 Å². The summed E-state index contributed by atoms with van der Waals surface area (Å²) in [6.45, 7) is 2.87. The summed E-state index contributed by atoms with van der Waals surface area (Å²) in [4.78, 5) is 15.0. The molecule has 20 heavy (non-hydrogen) atoms. The van der Waals surface area contributed by atoms with Gasteiger partial charge in [-0.25, -0.2) is 4.79 Å². The lowest BCUT2D eigenvalue weighted by atomic mass is 10.1. The maximum atomic E-state index is 10.4. The van der Waals surface area contributed by atoms with Gasteiger partial charge in [-0.2, -0.15) is 0 Å². The lowest BCUT2D eigenvalue weighted by molar-refractivity contribution is -0.140. The first-order valence-electron chi connectivity index (χ1n) is 6.34. The van der Waals surface area contributed by atoms with Crippen molar-refractivity contribution in [3.8, 4) is 5.75 Å². The van der Waals surface area contributed by atoms with Crippen LogP contribution in [-0.4, -0.2) is 35.5 Å². The number of nitrogens with zero attached hydrogens (tertiary/aromatic N) is 1. The predicted molar refractivity (Wildman–Crippen MR) is 74.9 cm³/mol. The summed E-state index contributed by atoms with van der Waals surface area (Å²) < 4.78 is 5.84. The van der Waals surface area contributed by atoms with Crippen LogP contribution in [0.1, 0.15) is 18.4 Å². The van der Waals surface area contributed by atoms with Crippen molar-refractivity contribution in [2.45, 2.75) is 25.9 Å². The van der Waals surface area contributed by atoms with Crippen LogP contribution in [0.3, 0.4) is 0 Å². The summed E-state index contributed by atoms with van der Waals surface area (Å²) in [7, 11) is 0. The molecule has 0 aliphatic carbocycles. The fraction of sp³-hybridized carbons (Fsp3) is 0.462. The number of ether oxygens (including phenoxy) is 1. The average molecular weight is 301 g/mol. The molecule has 0 bridgehead atoms. The number of benzene rings is 1. The number of carboxylic acid groups (broad SMARTS) is 1. The van der Waals surface area contributed by atoms with E-state index in [1.165, 1.54) is 5.06 Å². The Bertz CT molecular complexity index is 501. The highest BCUT2D eigenvalue weighted by atomic mass is 35.5. The molecule has 7 heteroatoms. The van der Waals surface area contributed by atoms with Gasteiger partial charge >= 0.3 is 6.16 Å². The summed E-state index contributed by atoms with van der Waals surface area (Å²) in [6.07, 6.45) is 0.0137. The molecule has 1 heterocycles. The Kier molecular flexibility index (Phi) is 4.57. The normalized spacial score (nSPS) is 16.9. The molecule has 0 amide bonds. The highest BCUT2D eigenvalue weighted by Gasteiger charge is 2.23. The third kappa shape index (κ3) is 3.68. The summed E-state index contributed by atoms with van der Waals surface area (Å²) in [6, 6.07) is 3.49. The largest absolute Gasteiger partial charge is 0.525 e. The molecule has 0 saturated carbocycles. The third-order valence-electron chi connectivity index (χ3n) is 3.19. The topological polar surface area (TPSA) is 85.0 Å². The minimum atomic E-state index is -1.29. The van der Waals surface area contributed by atoms with Crippen LogP contribution in [0.2, 0.25) is 5.02 Å². The second kappa shape index (κ2) is 6.19. The monoisotopic (exact) mass is 300 g/mol. The van der Waals surface area contributed by atoms with Gasteiger partial charge in [0.2, 0.25) is 0 Å². The first kappa shape index (κ1) is 14.7. The molecule has 0 unspecified atom stereocenters. The number of hydrogen-bond donors (Lipinski definition) is 2. The van der Waals surface area contributed by atoms with E-state index in [0.29, 0.717) is 42.4 Å². The molecule has 1 aromatic carbocycles. The molecule has 1 aromatic rings. The number of piperidine rings is 1. The number of hydrogen-bond acceptors (Lipinski definition) is 5. The number of nitrogens with two attached hydrogens (primary N) is 1. The maximum Gasteiger partial charge on any atom is 0.525 e. The van der Waals surface area contributed by atoms with Crippen LogP contribution in [-0.2, 0) is 4.84 Å². The van der Waals surface area contributed by atoms with Crippen LogP contribution in [0.4, 0.5) is 10.5 Å². The fourth-order valence-corrected chi connectivity index (χ4v) is 2.27. The number of halogens is 1. The van der Waals surface area contributed by atoms with Gasteiger partial charge < -0.3 is 20.4 Å². The van der Waals surface area contributed by atoms with E-state index in [0.717, 1.165) is 5.56 Å². The lowest BCUT2D eigenvalue weighted by Crippen LogP contribution is -2.39. The molecule has 1 aliphatic heterocycles. The smallest absolute Gasteiger partial charge is 0.488 e. The number of nitrogen functional groups attached to an aromatic ring is 1. The molecule has 0 atom stereocenters. The first-order chi connectivity index (χ1) is 9.45. The van der Waals surface area contributed by atoms with E-state index in [1.807, 2.05) is 6.92 Å². The van der Waals surface area contributed by atoms with E-state index in [2.05, 4.69) is 4.84 Å². The molecular weight excluding hydrogens is 284 g/mol. The highest BCUT2D eigenvalue weighted by Crippen LogP contribution is 2.31. The van der Waals surface area contributed by atoms with E-state index in [-0.39, 0.29) is 6.10 Å². The van der Waals surface area contributed by atoms with E-state index >= 15 is 0 Å². The zero-order valence-corrected chi connectivity index (χ0v) is 11.9. The number of anilines is 1. The molecule has 110 valence electrons. The van der Waals surface area contributed by atoms with Crippen molar-refractivity contribution in [2.75, 3.05) is 18.8 Å². The second-order valence-electron chi connectivity index (χ2n) is 4.74. The van der Waals surface area contributed by atoms with Gasteiger partial charge in [0.05, 0.1) is 5.69 Å². The van der Waals surface area contributed by atoms with Crippen molar-refractivity contribution in [2.24, 2.45) is 0 Å². The van der Waals surface area contributed by atoms with Gasteiger partial charge in [-0.05, 0) is 18.6 Å². The summed E-state index contributed by atoms with van der Waals surface area (Å²) in [5.74, 6) is 0.568. The van der Waals surface area contributed by atoms with E-state index in [4.69, 9.17) is 27.2 Å². The molecule has 0 spiro atoms. The van der Waals surface area contributed by atoms with Crippen LogP contribution in [0.25, 0.3) is 0 Å². The fourth-order valence-electron chi connectivity index (χ4n) is 2.12. The Morgan fingerprint density at radius 2 is 2.10 bits per heavy atom. The highest BCUT2D eigenvalue weighted by molar-refractivity contribution is 6.31. The summed E-state index contributed by atoms with van der Waals surface area (Å²) >= 11 is 6.05. The zero-order chi connectivity index (χ0) is 14.7. The predicted octanol–water partition coefficient (Wildman–Crippen LogP) is 2.68. The van der Waals surface area contributed by atoms with Crippen molar-refractivity contribution < 1.29 is 19.5 Å². The molecule has 0 radical (unpaired) electrons. The van der Waals surface area contributed by atoms with Crippen molar-refractivity contribution >= 4 is 23.4 Å². The molecule has 1 fully saturated rings. The maximum absolute atomic E-state index is 10.4. The van der Waals surface area contributed by atoms with Crippen LogP contribution in [0.15, 0.2) is 12.1 Å². The van der Waals surface area contributed by atoms with E-state index in [9.17, 15) is 4.79 Å². The molecule has 3 N–H and O–H groups in total. The van der Waals surface area contributed by atoms with Gasteiger partial charge in [-0.15, -0.1) is 5.06 Å². The minimum Gasteiger partial charge on any atom is -0.488 e. The number of hydroxylamine groups is 2. The molecule has 2 rings (SSSR count). The van der Waals surface area contributed by atoms with Gasteiger partial charge in [-0.1, -0.05) is 11.6 Å².